The molecule has 0 spiro atoms. The van der Waals surface area contributed by atoms with Gasteiger partial charge in [0.15, 0.2) is 0 Å². The lowest BCUT2D eigenvalue weighted by Crippen LogP contribution is -2.07. The van der Waals surface area contributed by atoms with E-state index in [4.69, 9.17) is 0 Å². The molecule has 0 atom stereocenters. The fourth-order valence-corrected chi connectivity index (χ4v) is 2.52. The van der Waals surface area contributed by atoms with E-state index in [1.807, 2.05) is 0 Å². The number of rotatable bonds is 1. The van der Waals surface area contributed by atoms with Crippen LogP contribution in [0.25, 0.3) is 22.0 Å². The number of fused-ring (bicyclic) bond motifs is 1. The molecule has 22 heavy (non-hydrogen) atoms. The Balaban J connectivity index is 2.37. The zero-order valence-corrected chi connectivity index (χ0v) is 11.6. The Morgan fingerprint density at radius 3 is 2.41 bits per heavy atom. The van der Waals surface area contributed by atoms with E-state index in [2.05, 4.69) is 4.98 Å². The number of para-hydroxylation sites is 1. The second kappa shape index (κ2) is 5.02. The van der Waals surface area contributed by atoms with Gasteiger partial charge in [-0.05, 0) is 42.3 Å². The molecule has 3 aromatic rings. The molecule has 0 bridgehead atoms. The van der Waals surface area contributed by atoms with Gasteiger partial charge in [-0.2, -0.15) is 13.2 Å². The number of phenolic OH excluding ortho intramolecular Hbond substituents is 1. The number of hydrogen-bond donors (Lipinski definition) is 1. The summed E-state index contributed by atoms with van der Waals surface area (Å²) in [7, 11) is 0. The van der Waals surface area contributed by atoms with Crippen LogP contribution in [0.3, 0.4) is 0 Å². The number of nitrogens with zero attached hydrogens (tertiary/aromatic N) is 1. The van der Waals surface area contributed by atoms with Gasteiger partial charge in [0.05, 0.1) is 11.1 Å². The molecular formula is C17H12F3NO. The SMILES string of the molecule is Cc1cc(-c2cccc(O)c2)c2cccc(C(F)(F)F)c2n1. The van der Waals surface area contributed by atoms with Crippen LogP contribution < -0.4 is 0 Å². The summed E-state index contributed by atoms with van der Waals surface area (Å²) in [5, 5.41) is 10.0. The fourth-order valence-electron chi connectivity index (χ4n) is 2.52. The van der Waals surface area contributed by atoms with Crippen molar-refractivity contribution in [1.82, 2.24) is 4.98 Å². The number of aryl methyl sites for hydroxylation is 1. The smallest absolute Gasteiger partial charge is 0.418 e. The predicted octanol–water partition coefficient (Wildman–Crippen LogP) is 4.93. The molecule has 0 amide bonds. The molecule has 0 radical (unpaired) electrons. The van der Waals surface area contributed by atoms with E-state index in [-0.39, 0.29) is 11.3 Å². The van der Waals surface area contributed by atoms with Crippen LogP contribution in [0.4, 0.5) is 13.2 Å². The summed E-state index contributed by atoms with van der Waals surface area (Å²) in [5.41, 5.74) is 0.922. The van der Waals surface area contributed by atoms with Gasteiger partial charge in [0.2, 0.25) is 0 Å². The van der Waals surface area contributed by atoms with Crippen LogP contribution in [0.1, 0.15) is 11.3 Å². The molecule has 3 rings (SSSR count). The molecule has 2 aromatic carbocycles. The van der Waals surface area contributed by atoms with Crippen molar-refractivity contribution in [2.24, 2.45) is 0 Å². The Hall–Kier alpha value is -2.56. The van der Waals surface area contributed by atoms with Crippen LogP contribution in [0.2, 0.25) is 0 Å². The summed E-state index contributed by atoms with van der Waals surface area (Å²) in [4.78, 5) is 4.07. The first-order valence-corrected chi connectivity index (χ1v) is 6.63. The molecule has 1 aromatic heterocycles. The summed E-state index contributed by atoms with van der Waals surface area (Å²) in [6, 6.07) is 12.2. The van der Waals surface area contributed by atoms with Gasteiger partial charge in [-0.3, -0.25) is 4.98 Å². The molecule has 0 unspecified atom stereocenters. The van der Waals surface area contributed by atoms with Crippen LogP contribution in [0, 0.1) is 6.92 Å². The highest BCUT2D eigenvalue weighted by molar-refractivity contribution is 5.96. The van der Waals surface area contributed by atoms with E-state index in [0.717, 1.165) is 6.07 Å². The summed E-state index contributed by atoms with van der Waals surface area (Å²) >= 11 is 0. The second-order valence-corrected chi connectivity index (χ2v) is 5.06. The topological polar surface area (TPSA) is 33.1 Å². The standard InChI is InChI=1S/C17H12F3NO/c1-10-8-14(11-4-2-5-12(22)9-11)13-6-3-7-15(16(13)21-10)17(18,19)20/h2-9,22H,1H3. The minimum atomic E-state index is -4.46. The molecule has 0 saturated heterocycles. The molecule has 2 nitrogen and oxygen atoms in total. The van der Waals surface area contributed by atoms with Gasteiger partial charge in [-0.15, -0.1) is 0 Å². The Labute approximate surface area is 124 Å². The van der Waals surface area contributed by atoms with Gasteiger partial charge in [0.1, 0.15) is 5.75 Å². The Morgan fingerprint density at radius 1 is 1.00 bits per heavy atom. The van der Waals surface area contributed by atoms with Crippen LogP contribution in [-0.4, -0.2) is 10.1 Å². The van der Waals surface area contributed by atoms with E-state index in [1.54, 1.807) is 31.2 Å². The molecule has 1 N–H and O–H groups in total. The zero-order valence-electron chi connectivity index (χ0n) is 11.6. The maximum atomic E-state index is 13.2. The normalized spacial score (nSPS) is 11.8. The molecule has 0 fully saturated rings. The lowest BCUT2D eigenvalue weighted by Gasteiger charge is -2.13. The average Bonchev–Trinajstić information content (AvgIpc) is 2.44. The van der Waals surface area contributed by atoms with E-state index >= 15 is 0 Å². The predicted molar refractivity (Wildman–Crippen MR) is 78.6 cm³/mol. The average molecular weight is 303 g/mol. The van der Waals surface area contributed by atoms with Gasteiger partial charge in [0.25, 0.3) is 0 Å². The van der Waals surface area contributed by atoms with Crippen molar-refractivity contribution < 1.29 is 18.3 Å². The number of benzene rings is 2. The summed E-state index contributed by atoms with van der Waals surface area (Å²) < 4.78 is 39.5. The van der Waals surface area contributed by atoms with Crippen LogP contribution in [0.15, 0.2) is 48.5 Å². The van der Waals surface area contributed by atoms with E-state index in [0.29, 0.717) is 22.2 Å². The molecule has 0 saturated carbocycles. The van der Waals surface area contributed by atoms with Crippen molar-refractivity contribution in [3.8, 4) is 16.9 Å². The minimum Gasteiger partial charge on any atom is -0.508 e. The number of pyridine rings is 1. The lowest BCUT2D eigenvalue weighted by atomic mass is 9.98. The molecule has 0 aliphatic heterocycles. The van der Waals surface area contributed by atoms with Gasteiger partial charge in [-0.1, -0.05) is 24.3 Å². The highest BCUT2D eigenvalue weighted by atomic mass is 19.4. The second-order valence-electron chi connectivity index (χ2n) is 5.06. The first-order chi connectivity index (χ1) is 10.4. The van der Waals surface area contributed by atoms with Crippen LogP contribution in [-0.2, 0) is 6.18 Å². The number of phenols is 1. The van der Waals surface area contributed by atoms with E-state index < -0.39 is 11.7 Å². The number of alkyl halides is 3. The monoisotopic (exact) mass is 303 g/mol. The first kappa shape index (κ1) is 14.4. The fraction of sp³-hybridized carbons (Fsp3) is 0.118. The third-order valence-electron chi connectivity index (χ3n) is 3.43. The summed E-state index contributed by atoms with van der Waals surface area (Å²) in [6.45, 7) is 1.65. The van der Waals surface area contributed by atoms with Gasteiger partial charge >= 0.3 is 6.18 Å². The lowest BCUT2D eigenvalue weighted by molar-refractivity contribution is -0.136. The van der Waals surface area contributed by atoms with Gasteiger partial charge in [-0.25, -0.2) is 0 Å². The molecule has 0 aliphatic carbocycles. The maximum absolute atomic E-state index is 13.2. The van der Waals surface area contributed by atoms with Crippen molar-refractivity contribution in [1.29, 1.82) is 0 Å². The molecular weight excluding hydrogens is 291 g/mol. The maximum Gasteiger partial charge on any atom is 0.418 e. The Morgan fingerprint density at radius 2 is 1.73 bits per heavy atom. The molecule has 112 valence electrons. The van der Waals surface area contributed by atoms with Crippen molar-refractivity contribution in [2.45, 2.75) is 13.1 Å². The quantitative estimate of drug-likeness (QED) is 0.691. The number of aromatic nitrogens is 1. The summed E-state index contributed by atoms with van der Waals surface area (Å²) in [6.07, 6.45) is -4.46. The van der Waals surface area contributed by atoms with Crippen molar-refractivity contribution >= 4 is 10.9 Å². The van der Waals surface area contributed by atoms with Crippen LogP contribution >= 0.6 is 0 Å². The zero-order chi connectivity index (χ0) is 15.9. The van der Waals surface area contributed by atoms with Crippen molar-refractivity contribution in [3.05, 3.63) is 59.8 Å². The third-order valence-corrected chi connectivity index (χ3v) is 3.43. The Kier molecular flexibility index (Phi) is 3.28. The minimum absolute atomic E-state index is 0.0621. The first-order valence-electron chi connectivity index (χ1n) is 6.63. The van der Waals surface area contributed by atoms with Gasteiger partial charge < -0.3 is 5.11 Å². The number of halogens is 3. The van der Waals surface area contributed by atoms with Crippen LogP contribution in [0.5, 0.6) is 5.75 Å². The summed E-state index contributed by atoms with van der Waals surface area (Å²) in [5.74, 6) is 0.0621. The molecule has 0 aliphatic rings. The highest BCUT2D eigenvalue weighted by Crippen LogP contribution is 2.37. The van der Waals surface area contributed by atoms with Crippen molar-refractivity contribution in [2.75, 3.05) is 0 Å². The third kappa shape index (κ3) is 2.50. The molecule has 1 heterocycles. The highest BCUT2D eigenvalue weighted by Gasteiger charge is 2.33. The number of aromatic hydroxyl groups is 1. The number of hydrogen-bond acceptors (Lipinski definition) is 2. The van der Waals surface area contributed by atoms with E-state index in [9.17, 15) is 18.3 Å². The molecule has 5 heteroatoms. The van der Waals surface area contributed by atoms with Gasteiger partial charge in [0, 0.05) is 11.1 Å². The van der Waals surface area contributed by atoms with E-state index in [1.165, 1.54) is 18.2 Å². The van der Waals surface area contributed by atoms with Crippen molar-refractivity contribution in [3.63, 3.8) is 0 Å². The largest absolute Gasteiger partial charge is 0.508 e. The Bertz CT molecular complexity index is 856.